The van der Waals surface area contributed by atoms with Crippen LogP contribution in [0, 0.1) is 5.82 Å². The van der Waals surface area contributed by atoms with Crippen molar-refractivity contribution < 1.29 is 14.0 Å². The zero-order valence-corrected chi connectivity index (χ0v) is 12.6. The Balaban J connectivity index is 2.11. The van der Waals surface area contributed by atoms with Crippen LogP contribution in [-0.4, -0.2) is 11.8 Å². The highest BCUT2D eigenvalue weighted by molar-refractivity contribution is 6.30. The molecule has 0 unspecified atom stereocenters. The molecule has 114 valence electrons. The lowest BCUT2D eigenvalue weighted by Gasteiger charge is -2.11. The molecule has 0 saturated carbocycles. The molecule has 0 aliphatic carbocycles. The van der Waals surface area contributed by atoms with E-state index in [2.05, 4.69) is 10.6 Å². The van der Waals surface area contributed by atoms with E-state index in [1.807, 2.05) is 0 Å². The van der Waals surface area contributed by atoms with Gasteiger partial charge in [0.1, 0.15) is 5.82 Å². The molecule has 2 aromatic rings. The second-order valence-corrected chi connectivity index (χ2v) is 5.16. The molecular formula is C16H14ClFN2O2. The third-order valence-electron chi connectivity index (χ3n) is 2.84. The van der Waals surface area contributed by atoms with Gasteiger partial charge in [0.25, 0.3) is 0 Å². The van der Waals surface area contributed by atoms with Crippen molar-refractivity contribution in [1.82, 2.24) is 0 Å². The first kappa shape index (κ1) is 16.0. The molecule has 0 bridgehead atoms. The number of hydrogen-bond donors (Lipinski definition) is 2. The number of halogens is 2. The van der Waals surface area contributed by atoms with Gasteiger partial charge in [0.15, 0.2) is 0 Å². The van der Waals surface area contributed by atoms with Crippen molar-refractivity contribution >= 4 is 34.8 Å². The lowest BCUT2D eigenvalue weighted by Crippen LogP contribution is -2.17. The molecule has 0 radical (unpaired) electrons. The monoisotopic (exact) mass is 320 g/mol. The van der Waals surface area contributed by atoms with Gasteiger partial charge in [-0.25, -0.2) is 4.39 Å². The van der Waals surface area contributed by atoms with Gasteiger partial charge in [0.05, 0.1) is 17.8 Å². The first-order valence-corrected chi connectivity index (χ1v) is 6.93. The highest BCUT2D eigenvalue weighted by atomic mass is 35.5. The van der Waals surface area contributed by atoms with Gasteiger partial charge in [0, 0.05) is 11.9 Å². The van der Waals surface area contributed by atoms with Crippen LogP contribution in [0.3, 0.4) is 0 Å². The van der Waals surface area contributed by atoms with Crippen LogP contribution < -0.4 is 10.6 Å². The minimum Gasteiger partial charge on any atom is -0.325 e. The lowest BCUT2D eigenvalue weighted by molar-refractivity contribution is -0.116. The summed E-state index contributed by atoms with van der Waals surface area (Å²) in [5.74, 6) is -1.13. The maximum Gasteiger partial charge on any atom is 0.228 e. The van der Waals surface area contributed by atoms with E-state index in [1.165, 1.54) is 19.1 Å². The molecule has 0 aliphatic heterocycles. The van der Waals surface area contributed by atoms with E-state index in [4.69, 9.17) is 11.6 Å². The summed E-state index contributed by atoms with van der Waals surface area (Å²) in [7, 11) is 0. The summed E-state index contributed by atoms with van der Waals surface area (Å²) >= 11 is 5.78. The zero-order valence-electron chi connectivity index (χ0n) is 11.8. The number of carbonyl (C=O) groups excluding carboxylic acids is 2. The van der Waals surface area contributed by atoms with Crippen LogP contribution >= 0.6 is 11.6 Å². The van der Waals surface area contributed by atoms with Crippen molar-refractivity contribution in [3.05, 3.63) is 58.9 Å². The summed E-state index contributed by atoms with van der Waals surface area (Å²) in [5, 5.41) is 5.72. The fourth-order valence-corrected chi connectivity index (χ4v) is 2.03. The second-order valence-electron chi connectivity index (χ2n) is 4.72. The van der Waals surface area contributed by atoms with Gasteiger partial charge in [0.2, 0.25) is 11.8 Å². The number of anilines is 2. The normalized spacial score (nSPS) is 10.1. The lowest BCUT2D eigenvalue weighted by atomic mass is 10.1. The molecule has 2 aromatic carbocycles. The van der Waals surface area contributed by atoms with Gasteiger partial charge >= 0.3 is 0 Å². The Kier molecular flexibility index (Phi) is 5.12. The Hall–Kier alpha value is -2.40. The van der Waals surface area contributed by atoms with Crippen molar-refractivity contribution in [1.29, 1.82) is 0 Å². The van der Waals surface area contributed by atoms with E-state index >= 15 is 0 Å². The average molecular weight is 321 g/mol. The van der Waals surface area contributed by atoms with Crippen molar-refractivity contribution in [2.24, 2.45) is 0 Å². The minimum atomic E-state index is -0.504. The number of rotatable bonds is 4. The molecule has 0 fully saturated rings. The van der Waals surface area contributed by atoms with Gasteiger partial charge in [-0.05, 0) is 35.9 Å². The van der Waals surface area contributed by atoms with Crippen LogP contribution in [0.5, 0.6) is 0 Å². The van der Waals surface area contributed by atoms with E-state index in [1.54, 1.807) is 24.3 Å². The largest absolute Gasteiger partial charge is 0.325 e. The number of hydrogen-bond acceptors (Lipinski definition) is 2. The average Bonchev–Trinajstić information content (AvgIpc) is 2.44. The Morgan fingerprint density at radius 2 is 1.73 bits per heavy atom. The van der Waals surface area contributed by atoms with Crippen LogP contribution in [0.15, 0.2) is 42.5 Å². The third kappa shape index (κ3) is 4.56. The highest BCUT2D eigenvalue weighted by Crippen LogP contribution is 2.23. The van der Waals surface area contributed by atoms with E-state index in [-0.39, 0.29) is 23.9 Å². The van der Waals surface area contributed by atoms with E-state index in [0.29, 0.717) is 10.7 Å². The smallest absolute Gasteiger partial charge is 0.228 e. The molecule has 0 aromatic heterocycles. The van der Waals surface area contributed by atoms with Crippen molar-refractivity contribution in [2.75, 3.05) is 10.6 Å². The summed E-state index contributed by atoms with van der Waals surface area (Å²) in [5.41, 5.74) is 1.34. The van der Waals surface area contributed by atoms with Gasteiger partial charge in [-0.15, -0.1) is 0 Å². The summed E-state index contributed by atoms with van der Waals surface area (Å²) in [6.45, 7) is 1.34. The molecule has 0 aliphatic rings. The molecule has 2 rings (SSSR count). The van der Waals surface area contributed by atoms with E-state index in [9.17, 15) is 14.0 Å². The van der Waals surface area contributed by atoms with Crippen molar-refractivity contribution in [3.8, 4) is 0 Å². The Bertz CT molecular complexity index is 702. The fraction of sp³-hybridized carbons (Fsp3) is 0.125. The zero-order chi connectivity index (χ0) is 16.1. The van der Waals surface area contributed by atoms with Crippen LogP contribution in [0.2, 0.25) is 5.02 Å². The topological polar surface area (TPSA) is 58.2 Å². The molecule has 6 heteroatoms. The molecule has 0 heterocycles. The van der Waals surface area contributed by atoms with Crippen LogP contribution in [0.1, 0.15) is 12.5 Å². The third-order valence-corrected chi connectivity index (χ3v) is 3.10. The first-order valence-electron chi connectivity index (χ1n) is 6.55. The summed E-state index contributed by atoms with van der Waals surface area (Å²) in [6.07, 6.45) is 0.118. The Morgan fingerprint density at radius 1 is 1.05 bits per heavy atom. The molecular weight excluding hydrogens is 307 g/mol. The summed E-state index contributed by atoms with van der Waals surface area (Å²) in [4.78, 5) is 23.2. The predicted molar refractivity (Wildman–Crippen MR) is 84.5 cm³/mol. The van der Waals surface area contributed by atoms with E-state index in [0.717, 1.165) is 11.6 Å². The molecule has 22 heavy (non-hydrogen) atoms. The fourth-order valence-electron chi connectivity index (χ4n) is 1.90. The van der Waals surface area contributed by atoms with Gasteiger partial charge in [-0.2, -0.15) is 0 Å². The van der Waals surface area contributed by atoms with Crippen LogP contribution in [-0.2, 0) is 16.0 Å². The minimum absolute atomic E-state index is 0.118. The molecule has 2 N–H and O–H groups in total. The standard InChI is InChI=1S/C16H14ClFN2O2/c1-10(21)19-14-7-6-13(18)9-15(14)20-16(22)8-11-2-4-12(17)5-3-11/h2-7,9H,8H2,1H3,(H,19,21)(H,20,22). The van der Waals surface area contributed by atoms with Crippen LogP contribution in [0.4, 0.5) is 15.8 Å². The quantitative estimate of drug-likeness (QED) is 0.904. The Labute approximate surface area is 132 Å². The molecule has 0 spiro atoms. The predicted octanol–water partition coefficient (Wildman–Crippen LogP) is 3.62. The summed E-state index contributed by atoms with van der Waals surface area (Å²) < 4.78 is 13.3. The number of benzene rings is 2. The number of nitrogens with one attached hydrogen (secondary N) is 2. The van der Waals surface area contributed by atoms with Crippen LogP contribution in [0.25, 0.3) is 0 Å². The number of amides is 2. The first-order chi connectivity index (χ1) is 10.4. The van der Waals surface area contributed by atoms with Crippen molar-refractivity contribution in [3.63, 3.8) is 0 Å². The molecule has 4 nitrogen and oxygen atoms in total. The van der Waals surface area contributed by atoms with Crippen molar-refractivity contribution in [2.45, 2.75) is 13.3 Å². The van der Waals surface area contributed by atoms with Gasteiger partial charge in [-0.3, -0.25) is 9.59 Å². The van der Waals surface area contributed by atoms with E-state index < -0.39 is 5.82 Å². The maximum absolute atomic E-state index is 13.3. The molecule has 0 saturated heterocycles. The second kappa shape index (κ2) is 7.04. The van der Waals surface area contributed by atoms with Gasteiger partial charge < -0.3 is 10.6 Å². The molecule has 2 amide bonds. The maximum atomic E-state index is 13.3. The number of carbonyl (C=O) groups is 2. The van der Waals surface area contributed by atoms with Gasteiger partial charge in [-0.1, -0.05) is 23.7 Å². The summed E-state index contributed by atoms with van der Waals surface area (Å²) in [6, 6.07) is 10.6. The Morgan fingerprint density at radius 3 is 2.36 bits per heavy atom. The SMILES string of the molecule is CC(=O)Nc1ccc(F)cc1NC(=O)Cc1ccc(Cl)cc1. The molecule has 0 atom stereocenters. The highest BCUT2D eigenvalue weighted by Gasteiger charge is 2.10.